The van der Waals surface area contributed by atoms with Gasteiger partial charge in [0.25, 0.3) is 5.91 Å². The fourth-order valence-electron chi connectivity index (χ4n) is 6.00. The van der Waals surface area contributed by atoms with E-state index in [-0.39, 0.29) is 11.4 Å². The summed E-state index contributed by atoms with van der Waals surface area (Å²) in [4.78, 5) is 18.9. The van der Waals surface area contributed by atoms with Crippen molar-refractivity contribution >= 4 is 28.8 Å². The molecule has 0 spiro atoms. The van der Waals surface area contributed by atoms with Gasteiger partial charge in [0.15, 0.2) is 4.80 Å². The van der Waals surface area contributed by atoms with Gasteiger partial charge < -0.3 is 9.88 Å². The Hall–Kier alpha value is -1.59. The highest BCUT2D eigenvalue weighted by molar-refractivity contribution is 7.07. The molecule has 4 nitrogen and oxygen atoms in total. The molecule has 4 aliphatic carbocycles. The first-order chi connectivity index (χ1) is 13.5. The average Bonchev–Trinajstić information content (AvgIpc) is 2.98. The van der Waals surface area contributed by atoms with E-state index < -0.39 is 0 Å². The van der Waals surface area contributed by atoms with E-state index in [1.165, 1.54) is 38.5 Å². The number of amides is 1. The lowest BCUT2D eigenvalue weighted by molar-refractivity contribution is -0.000371. The lowest BCUT2D eigenvalue weighted by atomic mass is 9.53. The van der Waals surface area contributed by atoms with Crippen molar-refractivity contribution < 1.29 is 4.79 Å². The van der Waals surface area contributed by atoms with Crippen molar-refractivity contribution in [2.75, 3.05) is 0 Å². The van der Waals surface area contributed by atoms with E-state index in [9.17, 15) is 4.79 Å². The third kappa shape index (κ3) is 3.43. The number of nitrogens with one attached hydrogen (secondary N) is 1. The second-order valence-electron chi connectivity index (χ2n) is 9.03. The molecule has 0 saturated heterocycles. The molecule has 0 aliphatic heterocycles. The van der Waals surface area contributed by atoms with Gasteiger partial charge in [-0.3, -0.25) is 9.79 Å². The predicted molar refractivity (Wildman–Crippen MR) is 112 cm³/mol. The van der Waals surface area contributed by atoms with Crippen molar-refractivity contribution in [2.24, 2.45) is 29.8 Å². The molecule has 6 rings (SSSR count). The van der Waals surface area contributed by atoms with Crippen LogP contribution >= 0.6 is 22.9 Å². The van der Waals surface area contributed by atoms with E-state index in [0.717, 1.165) is 28.1 Å². The van der Waals surface area contributed by atoms with Gasteiger partial charge in [0, 0.05) is 24.0 Å². The Kier molecular flexibility index (Phi) is 4.63. The van der Waals surface area contributed by atoms with Crippen molar-refractivity contribution in [1.82, 2.24) is 9.88 Å². The molecule has 28 heavy (non-hydrogen) atoms. The predicted octanol–water partition coefficient (Wildman–Crippen LogP) is 4.54. The van der Waals surface area contributed by atoms with Crippen LogP contribution in [0.4, 0.5) is 0 Å². The highest BCUT2D eigenvalue weighted by Gasteiger charge is 2.51. The monoisotopic (exact) mass is 415 g/mol. The molecule has 1 aromatic carbocycles. The van der Waals surface area contributed by atoms with Crippen LogP contribution in [0.25, 0.3) is 0 Å². The van der Waals surface area contributed by atoms with Gasteiger partial charge in [-0.15, -0.1) is 11.3 Å². The summed E-state index contributed by atoms with van der Waals surface area (Å²) >= 11 is 7.62. The summed E-state index contributed by atoms with van der Waals surface area (Å²) in [7, 11) is 1.96. The summed E-state index contributed by atoms with van der Waals surface area (Å²) < 4.78 is 1.97. The van der Waals surface area contributed by atoms with Crippen molar-refractivity contribution in [1.29, 1.82) is 0 Å². The van der Waals surface area contributed by atoms with Crippen molar-refractivity contribution in [3.05, 3.63) is 50.7 Å². The minimum absolute atomic E-state index is 0.0642. The van der Waals surface area contributed by atoms with Gasteiger partial charge in [-0.25, -0.2) is 0 Å². The first-order valence-electron chi connectivity index (χ1n) is 10.2. The van der Waals surface area contributed by atoms with Crippen LogP contribution in [0.3, 0.4) is 0 Å². The standard InChI is InChI=1S/C22H26ClN3OS/c1-26-19(20(27)24-12-14-3-2-4-18(23)8-14)13-28-21(26)25-22-9-15-5-16(10-22)7-17(6-15)11-22/h2-4,8,13,15-17H,5-7,9-12H2,1H3,(H,24,27). The van der Waals surface area contributed by atoms with E-state index in [4.69, 9.17) is 16.6 Å². The fraction of sp³-hybridized carbons (Fsp3) is 0.545. The Balaban J connectivity index is 1.34. The van der Waals surface area contributed by atoms with Crippen LogP contribution in [-0.4, -0.2) is 16.0 Å². The maximum atomic E-state index is 12.7. The number of nitrogens with zero attached hydrogens (tertiary/aromatic N) is 2. The highest BCUT2D eigenvalue weighted by Crippen LogP contribution is 2.57. The third-order valence-electron chi connectivity index (χ3n) is 6.84. The first kappa shape index (κ1) is 18.4. The number of halogens is 1. The number of hydrogen-bond donors (Lipinski definition) is 1. The smallest absolute Gasteiger partial charge is 0.269 e. The number of rotatable bonds is 4. The molecule has 4 bridgehead atoms. The first-order valence-corrected chi connectivity index (χ1v) is 11.5. The van der Waals surface area contributed by atoms with Crippen LogP contribution in [0.2, 0.25) is 5.02 Å². The minimum atomic E-state index is -0.0642. The van der Waals surface area contributed by atoms with Gasteiger partial charge in [0.1, 0.15) is 5.69 Å². The Morgan fingerprint density at radius 3 is 2.57 bits per heavy atom. The Morgan fingerprint density at radius 1 is 1.25 bits per heavy atom. The summed E-state index contributed by atoms with van der Waals surface area (Å²) in [6.07, 6.45) is 7.99. The quantitative estimate of drug-likeness (QED) is 0.782. The molecule has 2 aromatic rings. The second-order valence-corrected chi connectivity index (χ2v) is 10.3. The summed E-state index contributed by atoms with van der Waals surface area (Å²) in [6.45, 7) is 0.469. The molecule has 0 atom stereocenters. The zero-order chi connectivity index (χ0) is 19.3. The lowest BCUT2D eigenvalue weighted by Gasteiger charge is -2.54. The maximum Gasteiger partial charge on any atom is 0.269 e. The van der Waals surface area contributed by atoms with Crippen LogP contribution in [-0.2, 0) is 13.6 Å². The molecular weight excluding hydrogens is 390 g/mol. The lowest BCUT2D eigenvalue weighted by Crippen LogP contribution is -2.50. The number of carbonyl (C=O) groups excluding carboxylic acids is 1. The summed E-state index contributed by atoms with van der Waals surface area (Å²) in [5, 5.41) is 5.62. The molecule has 148 valence electrons. The van der Waals surface area contributed by atoms with Gasteiger partial charge in [-0.1, -0.05) is 23.7 Å². The van der Waals surface area contributed by atoms with Gasteiger partial charge in [0.05, 0.1) is 5.54 Å². The van der Waals surface area contributed by atoms with E-state index in [1.54, 1.807) is 11.3 Å². The molecule has 6 heteroatoms. The van der Waals surface area contributed by atoms with Crippen LogP contribution in [0.5, 0.6) is 0 Å². The number of benzene rings is 1. The summed E-state index contributed by atoms with van der Waals surface area (Å²) in [5.74, 6) is 2.56. The van der Waals surface area contributed by atoms with Crippen LogP contribution in [0.15, 0.2) is 34.6 Å². The van der Waals surface area contributed by atoms with Crippen molar-refractivity contribution in [3.8, 4) is 0 Å². The van der Waals surface area contributed by atoms with Gasteiger partial charge in [-0.05, 0) is 74.0 Å². The van der Waals surface area contributed by atoms with Crippen LogP contribution in [0, 0.1) is 17.8 Å². The molecule has 4 saturated carbocycles. The molecule has 1 N–H and O–H groups in total. The Labute approximate surface area is 174 Å². The average molecular weight is 416 g/mol. The normalized spacial score (nSPS) is 31.4. The number of hydrogen-bond acceptors (Lipinski definition) is 3. The van der Waals surface area contributed by atoms with Crippen molar-refractivity contribution in [2.45, 2.75) is 50.6 Å². The van der Waals surface area contributed by atoms with E-state index >= 15 is 0 Å². The second kappa shape index (κ2) is 7.03. The van der Waals surface area contributed by atoms with Crippen LogP contribution in [0.1, 0.15) is 54.6 Å². The number of carbonyl (C=O) groups is 1. The molecular formula is C22H26ClN3OS. The number of aromatic nitrogens is 1. The topological polar surface area (TPSA) is 46.4 Å². The van der Waals surface area contributed by atoms with Crippen LogP contribution < -0.4 is 10.1 Å². The van der Waals surface area contributed by atoms with E-state index in [2.05, 4.69) is 5.32 Å². The highest BCUT2D eigenvalue weighted by atomic mass is 35.5. The molecule has 0 radical (unpaired) electrons. The molecule has 1 heterocycles. The zero-order valence-corrected chi connectivity index (χ0v) is 17.7. The Bertz CT molecular complexity index is 941. The SMILES string of the molecule is Cn1c(C(=O)NCc2cccc(Cl)c2)csc1=NC12CC3CC(CC(C3)C1)C2. The molecule has 1 aromatic heterocycles. The summed E-state index contributed by atoms with van der Waals surface area (Å²) in [5.41, 5.74) is 1.80. The van der Waals surface area contributed by atoms with Gasteiger partial charge >= 0.3 is 0 Å². The Morgan fingerprint density at radius 2 is 1.93 bits per heavy atom. The zero-order valence-electron chi connectivity index (χ0n) is 16.2. The van der Waals surface area contributed by atoms with E-state index in [1.807, 2.05) is 41.3 Å². The van der Waals surface area contributed by atoms with Gasteiger partial charge in [-0.2, -0.15) is 0 Å². The van der Waals surface area contributed by atoms with E-state index in [0.29, 0.717) is 17.3 Å². The largest absolute Gasteiger partial charge is 0.347 e. The molecule has 1 amide bonds. The number of thiazole rings is 1. The maximum absolute atomic E-state index is 12.7. The molecule has 0 unspecified atom stereocenters. The third-order valence-corrected chi connectivity index (χ3v) is 7.99. The minimum Gasteiger partial charge on any atom is -0.347 e. The summed E-state index contributed by atoms with van der Waals surface area (Å²) in [6, 6.07) is 7.58. The van der Waals surface area contributed by atoms with Crippen molar-refractivity contribution in [3.63, 3.8) is 0 Å². The van der Waals surface area contributed by atoms with Gasteiger partial charge in [0.2, 0.25) is 0 Å². The molecule has 4 aliphatic rings. The fourth-order valence-corrected chi connectivity index (χ4v) is 7.20. The molecule has 4 fully saturated rings.